The van der Waals surface area contributed by atoms with E-state index in [9.17, 15) is 4.79 Å². The lowest BCUT2D eigenvalue weighted by Gasteiger charge is -2.34. The predicted molar refractivity (Wildman–Crippen MR) is 129 cm³/mol. The van der Waals surface area contributed by atoms with Crippen LogP contribution < -0.4 is 5.73 Å². The minimum Gasteiger partial charge on any atom is -0.444 e. The van der Waals surface area contributed by atoms with E-state index in [2.05, 4.69) is 31.7 Å². The number of hydrogen-bond acceptors (Lipinski definition) is 6. The summed E-state index contributed by atoms with van der Waals surface area (Å²) in [6, 6.07) is 10.2. The molecule has 0 bridgehead atoms. The maximum Gasteiger partial charge on any atom is 0.410 e. The Morgan fingerprint density at radius 1 is 1.21 bits per heavy atom. The van der Waals surface area contributed by atoms with Crippen LogP contribution in [0.1, 0.15) is 32.9 Å². The number of nitrogen functional groups attached to an aromatic ring is 1. The predicted octanol–water partition coefficient (Wildman–Crippen LogP) is 4.41. The molecule has 3 aromatic heterocycles. The van der Waals surface area contributed by atoms with E-state index >= 15 is 0 Å². The molecule has 0 radical (unpaired) electrons. The van der Waals surface area contributed by atoms with Gasteiger partial charge >= 0.3 is 6.09 Å². The summed E-state index contributed by atoms with van der Waals surface area (Å²) in [4.78, 5) is 27.9. The van der Waals surface area contributed by atoms with Gasteiger partial charge in [-0.15, -0.1) is 0 Å². The van der Waals surface area contributed by atoms with E-state index in [1.807, 2.05) is 45.2 Å². The van der Waals surface area contributed by atoms with Gasteiger partial charge in [0, 0.05) is 42.0 Å². The van der Waals surface area contributed by atoms with Gasteiger partial charge in [0.1, 0.15) is 23.4 Å². The molecular formula is C25H28N6O2. The number of benzene rings is 1. The standard InChI is InChI=1S/C25H28N6O2/c1-25(2,3)33-24(32)30(4)17-9-10-19-20(16-11-15-7-5-6-8-18(15)27-12-16)21-22(26)28-14-29-23(21)31(19)13-17/h5-8,11-12,14,17H,9-10,13H2,1-4H3,(H2,26,28,29)/t17-/m1/s1. The lowest BCUT2D eigenvalue weighted by atomic mass is 9.97. The zero-order valence-corrected chi connectivity index (χ0v) is 19.4. The van der Waals surface area contributed by atoms with Gasteiger partial charge in [0.05, 0.1) is 16.9 Å². The molecule has 170 valence electrons. The second-order valence-electron chi connectivity index (χ2n) is 9.59. The molecule has 1 amide bonds. The van der Waals surface area contributed by atoms with Gasteiger partial charge in [-0.05, 0) is 45.7 Å². The van der Waals surface area contributed by atoms with E-state index in [1.54, 1.807) is 11.9 Å². The molecule has 1 atom stereocenters. The van der Waals surface area contributed by atoms with E-state index in [0.29, 0.717) is 12.4 Å². The van der Waals surface area contributed by atoms with Crippen LogP contribution in [0.5, 0.6) is 0 Å². The fourth-order valence-corrected chi connectivity index (χ4v) is 4.62. The van der Waals surface area contributed by atoms with Gasteiger partial charge in [-0.1, -0.05) is 18.2 Å². The Morgan fingerprint density at radius 3 is 2.79 bits per heavy atom. The average Bonchev–Trinajstić information content (AvgIpc) is 3.12. The zero-order chi connectivity index (χ0) is 23.3. The molecule has 0 unspecified atom stereocenters. The number of anilines is 1. The molecule has 2 N–H and O–H groups in total. The summed E-state index contributed by atoms with van der Waals surface area (Å²) in [6.07, 6.45) is 4.65. The molecule has 5 rings (SSSR count). The van der Waals surface area contributed by atoms with Crippen LogP contribution in [-0.2, 0) is 17.7 Å². The normalized spacial score (nSPS) is 16.1. The molecule has 1 aromatic carbocycles. The van der Waals surface area contributed by atoms with Gasteiger partial charge in [-0.25, -0.2) is 14.8 Å². The summed E-state index contributed by atoms with van der Waals surface area (Å²) in [6.45, 7) is 6.24. The second kappa shape index (κ2) is 7.72. The number of nitrogens with two attached hydrogens (primary N) is 1. The van der Waals surface area contributed by atoms with Gasteiger partial charge < -0.3 is 19.9 Å². The highest BCUT2D eigenvalue weighted by Gasteiger charge is 2.32. The van der Waals surface area contributed by atoms with Gasteiger partial charge in [0.2, 0.25) is 0 Å². The first-order chi connectivity index (χ1) is 15.7. The largest absolute Gasteiger partial charge is 0.444 e. The number of aromatic nitrogens is 4. The molecule has 0 fully saturated rings. The molecule has 1 aliphatic rings. The van der Waals surface area contributed by atoms with E-state index in [-0.39, 0.29) is 12.1 Å². The van der Waals surface area contributed by atoms with Crippen LogP contribution in [0, 0.1) is 0 Å². The number of fused-ring (bicyclic) bond motifs is 4. The number of nitrogens with zero attached hydrogens (tertiary/aromatic N) is 5. The minimum atomic E-state index is -0.538. The van der Waals surface area contributed by atoms with E-state index < -0.39 is 5.60 Å². The molecule has 1 aliphatic heterocycles. The van der Waals surface area contributed by atoms with Crippen molar-refractivity contribution in [3.63, 3.8) is 0 Å². The third-order valence-corrected chi connectivity index (χ3v) is 6.19. The fraction of sp³-hybridized carbons (Fsp3) is 0.360. The van der Waals surface area contributed by atoms with Gasteiger partial charge in [-0.2, -0.15) is 0 Å². The molecule has 4 aromatic rings. The topological polar surface area (TPSA) is 99.2 Å². The highest BCUT2D eigenvalue weighted by atomic mass is 16.6. The van der Waals surface area contributed by atoms with Gasteiger partial charge in [0.25, 0.3) is 0 Å². The molecule has 8 heteroatoms. The van der Waals surface area contributed by atoms with Crippen molar-refractivity contribution in [1.29, 1.82) is 0 Å². The van der Waals surface area contributed by atoms with Crippen LogP contribution >= 0.6 is 0 Å². The van der Waals surface area contributed by atoms with Crippen molar-refractivity contribution < 1.29 is 9.53 Å². The van der Waals surface area contributed by atoms with Crippen molar-refractivity contribution >= 4 is 33.8 Å². The van der Waals surface area contributed by atoms with E-state index in [1.165, 1.54) is 6.33 Å². The first-order valence-electron chi connectivity index (χ1n) is 11.2. The molecule has 0 saturated carbocycles. The number of rotatable bonds is 2. The summed E-state index contributed by atoms with van der Waals surface area (Å²) >= 11 is 0. The first-order valence-corrected chi connectivity index (χ1v) is 11.2. The molecule has 8 nitrogen and oxygen atoms in total. The van der Waals surface area contributed by atoms with E-state index in [0.717, 1.165) is 51.6 Å². The summed E-state index contributed by atoms with van der Waals surface area (Å²) in [7, 11) is 1.80. The average molecular weight is 445 g/mol. The van der Waals surface area contributed by atoms with Crippen LogP contribution in [0.4, 0.5) is 10.6 Å². The maximum absolute atomic E-state index is 12.7. The molecule has 0 spiro atoms. The van der Waals surface area contributed by atoms with Crippen LogP contribution in [0.15, 0.2) is 42.9 Å². The quantitative estimate of drug-likeness (QED) is 0.492. The fourth-order valence-electron chi connectivity index (χ4n) is 4.62. The smallest absolute Gasteiger partial charge is 0.410 e. The number of carbonyl (C=O) groups is 1. The summed E-state index contributed by atoms with van der Waals surface area (Å²) in [5.41, 5.74) is 10.7. The Bertz CT molecular complexity index is 1370. The van der Waals surface area contributed by atoms with Crippen molar-refractivity contribution in [3.8, 4) is 11.1 Å². The number of hydrogen-bond donors (Lipinski definition) is 1. The van der Waals surface area contributed by atoms with Crippen molar-refractivity contribution in [2.75, 3.05) is 12.8 Å². The number of ether oxygens (including phenoxy) is 1. The number of pyridine rings is 1. The SMILES string of the molecule is CN(C(=O)OC(C)(C)C)[C@@H]1CCc2c(-c3cnc4ccccc4c3)c3c(N)ncnc3n2C1. The Hall–Kier alpha value is -3.68. The summed E-state index contributed by atoms with van der Waals surface area (Å²) in [5.74, 6) is 0.446. The summed E-state index contributed by atoms with van der Waals surface area (Å²) < 4.78 is 7.76. The number of para-hydroxylation sites is 1. The Balaban J connectivity index is 1.59. The Labute approximate surface area is 192 Å². The van der Waals surface area contributed by atoms with Crippen molar-refractivity contribution in [3.05, 3.63) is 48.5 Å². The van der Waals surface area contributed by atoms with Crippen LogP contribution in [0.3, 0.4) is 0 Å². The Kier molecular flexibility index (Phi) is 4.96. The summed E-state index contributed by atoms with van der Waals surface area (Å²) in [5, 5.41) is 1.90. The van der Waals surface area contributed by atoms with Crippen LogP contribution in [-0.4, -0.2) is 49.2 Å². The van der Waals surface area contributed by atoms with Gasteiger partial charge in [-0.3, -0.25) is 4.98 Å². The maximum atomic E-state index is 12.7. The van der Waals surface area contributed by atoms with Crippen molar-refractivity contribution in [1.82, 2.24) is 24.4 Å². The third kappa shape index (κ3) is 3.75. The zero-order valence-electron chi connectivity index (χ0n) is 19.4. The number of carbonyl (C=O) groups excluding carboxylic acids is 1. The van der Waals surface area contributed by atoms with Crippen molar-refractivity contribution in [2.24, 2.45) is 0 Å². The molecule has 0 saturated heterocycles. The highest BCUT2D eigenvalue weighted by Crippen LogP contribution is 2.40. The monoisotopic (exact) mass is 444 g/mol. The van der Waals surface area contributed by atoms with Crippen LogP contribution in [0.2, 0.25) is 0 Å². The molecular weight excluding hydrogens is 416 g/mol. The van der Waals surface area contributed by atoms with Crippen LogP contribution in [0.25, 0.3) is 33.1 Å². The number of amides is 1. The van der Waals surface area contributed by atoms with Gasteiger partial charge in [0.15, 0.2) is 0 Å². The lowest BCUT2D eigenvalue weighted by molar-refractivity contribution is 0.0190. The molecule has 33 heavy (non-hydrogen) atoms. The number of likely N-dealkylation sites (N-methyl/N-ethyl adjacent to an activating group) is 1. The van der Waals surface area contributed by atoms with E-state index in [4.69, 9.17) is 10.5 Å². The minimum absolute atomic E-state index is 0.0123. The highest BCUT2D eigenvalue weighted by molar-refractivity contribution is 6.03. The first kappa shape index (κ1) is 21.2. The molecule has 4 heterocycles. The van der Waals surface area contributed by atoms with Crippen molar-refractivity contribution in [2.45, 2.75) is 51.8 Å². The Morgan fingerprint density at radius 2 is 2.00 bits per heavy atom. The molecule has 0 aliphatic carbocycles. The lowest BCUT2D eigenvalue weighted by Crippen LogP contribution is -2.44. The third-order valence-electron chi connectivity index (χ3n) is 6.19. The second-order valence-corrected chi connectivity index (χ2v) is 9.59.